The van der Waals surface area contributed by atoms with Crippen LogP contribution in [0.5, 0.6) is 0 Å². The Balaban J connectivity index is 2.36. The topological polar surface area (TPSA) is 75.4 Å². The Morgan fingerprint density at radius 2 is 1.82 bits per heavy atom. The molecule has 1 rings (SSSR count). The van der Waals surface area contributed by atoms with Gasteiger partial charge in [0.15, 0.2) is 0 Å². The van der Waals surface area contributed by atoms with Gasteiger partial charge in [-0.05, 0) is 31.6 Å². The molecule has 0 radical (unpaired) electrons. The highest BCUT2D eigenvalue weighted by atomic mass is 16.2. The summed E-state index contributed by atoms with van der Waals surface area (Å²) in [5.41, 5.74) is 5.71. The van der Waals surface area contributed by atoms with Gasteiger partial charge in [0.05, 0.1) is 6.04 Å². The van der Waals surface area contributed by atoms with Crippen LogP contribution in [0.25, 0.3) is 0 Å². The van der Waals surface area contributed by atoms with Crippen LogP contribution >= 0.6 is 0 Å². The molecule has 0 bridgehead atoms. The van der Waals surface area contributed by atoms with E-state index in [4.69, 9.17) is 5.73 Å². The third-order valence-corrected chi connectivity index (χ3v) is 2.94. The molecule has 1 aliphatic rings. The fraction of sp³-hybridized carbons (Fsp3) is 0.833. The number of piperidine rings is 1. The van der Waals surface area contributed by atoms with Gasteiger partial charge in [-0.25, -0.2) is 4.79 Å². The minimum Gasteiger partial charge on any atom is -0.324 e. The number of urea groups is 1. The molecule has 3 amide bonds. The lowest BCUT2D eigenvalue weighted by atomic mass is 10.0. The van der Waals surface area contributed by atoms with Crippen LogP contribution in [0, 0.1) is 5.92 Å². The number of nitrogens with one attached hydrogen (secondary N) is 1. The fourth-order valence-corrected chi connectivity index (χ4v) is 1.99. The lowest BCUT2D eigenvalue weighted by Crippen LogP contribution is -2.50. The monoisotopic (exact) mass is 241 g/mol. The van der Waals surface area contributed by atoms with Crippen LogP contribution < -0.4 is 11.1 Å². The van der Waals surface area contributed by atoms with Crippen LogP contribution in [0.1, 0.15) is 39.5 Å². The lowest BCUT2D eigenvalue weighted by molar-refractivity contribution is -0.121. The molecule has 1 aliphatic heterocycles. The van der Waals surface area contributed by atoms with Gasteiger partial charge in [0.1, 0.15) is 0 Å². The van der Waals surface area contributed by atoms with Crippen molar-refractivity contribution in [3.8, 4) is 0 Å². The van der Waals surface area contributed by atoms with Gasteiger partial charge in [-0.3, -0.25) is 10.1 Å². The summed E-state index contributed by atoms with van der Waals surface area (Å²) in [7, 11) is 0. The van der Waals surface area contributed by atoms with Crippen molar-refractivity contribution in [1.82, 2.24) is 10.2 Å². The van der Waals surface area contributed by atoms with Crippen LogP contribution in [-0.2, 0) is 4.79 Å². The van der Waals surface area contributed by atoms with Crippen LogP contribution in [-0.4, -0.2) is 36.0 Å². The fourth-order valence-electron chi connectivity index (χ4n) is 1.99. The average Bonchev–Trinajstić information content (AvgIpc) is 2.29. The van der Waals surface area contributed by atoms with Gasteiger partial charge in [-0.1, -0.05) is 13.8 Å². The van der Waals surface area contributed by atoms with Gasteiger partial charge < -0.3 is 10.6 Å². The molecule has 1 saturated heterocycles. The van der Waals surface area contributed by atoms with E-state index in [-0.39, 0.29) is 11.9 Å². The molecule has 5 heteroatoms. The number of carbonyl (C=O) groups excluding carboxylic acids is 2. The number of amides is 3. The quantitative estimate of drug-likeness (QED) is 0.776. The molecule has 0 aromatic heterocycles. The number of carbonyl (C=O) groups is 2. The molecule has 0 aliphatic carbocycles. The minimum atomic E-state index is -0.594. The van der Waals surface area contributed by atoms with Crippen molar-refractivity contribution in [3.63, 3.8) is 0 Å². The van der Waals surface area contributed by atoms with Gasteiger partial charge >= 0.3 is 6.03 Å². The molecule has 3 N–H and O–H groups in total. The summed E-state index contributed by atoms with van der Waals surface area (Å²) in [5, 5.41) is 2.38. The number of hydrogen-bond acceptors (Lipinski definition) is 3. The number of likely N-dealkylation sites (tertiary alicyclic amines) is 1. The van der Waals surface area contributed by atoms with Gasteiger partial charge in [-0.2, -0.15) is 0 Å². The summed E-state index contributed by atoms with van der Waals surface area (Å²) < 4.78 is 0. The number of nitrogens with two attached hydrogens (primary N) is 1. The largest absolute Gasteiger partial charge is 0.324 e. The molecule has 0 saturated carbocycles. The van der Waals surface area contributed by atoms with Crippen molar-refractivity contribution >= 4 is 11.9 Å². The Kier molecular flexibility index (Phi) is 5.41. The van der Waals surface area contributed by atoms with E-state index < -0.39 is 6.04 Å². The second-order valence-corrected chi connectivity index (χ2v) is 5.08. The lowest BCUT2D eigenvalue weighted by Gasteiger charge is -2.27. The number of imide groups is 1. The first-order valence-corrected chi connectivity index (χ1v) is 6.36. The van der Waals surface area contributed by atoms with Gasteiger partial charge in [0.25, 0.3) is 0 Å². The molecule has 1 heterocycles. The van der Waals surface area contributed by atoms with E-state index in [1.54, 1.807) is 4.90 Å². The standard InChI is InChI=1S/C12H23N3O2/c1-9(2)8-10(13)11(16)14-12(17)15-6-4-3-5-7-15/h9-10H,3-8,13H2,1-2H3,(H,14,16,17)/t10-/m0/s1. The van der Waals surface area contributed by atoms with Crippen LogP contribution in [0.2, 0.25) is 0 Å². The molecule has 17 heavy (non-hydrogen) atoms. The van der Waals surface area contributed by atoms with Gasteiger partial charge in [-0.15, -0.1) is 0 Å². The first-order chi connectivity index (χ1) is 8.00. The molecular formula is C12H23N3O2. The van der Waals surface area contributed by atoms with Crippen molar-refractivity contribution in [2.45, 2.75) is 45.6 Å². The zero-order valence-corrected chi connectivity index (χ0v) is 10.7. The van der Waals surface area contributed by atoms with E-state index in [9.17, 15) is 9.59 Å². The molecule has 1 atom stereocenters. The van der Waals surface area contributed by atoms with Crippen LogP contribution in [0.4, 0.5) is 4.79 Å². The highest BCUT2D eigenvalue weighted by Crippen LogP contribution is 2.08. The van der Waals surface area contributed by atoms with Crippen molar-refractivity contribution in [2.24, 2.45) is 11.7 Å². The smallest absolute Gasteiger partial charge is 0.324 e. The third-order valence-electron chi connectivity index (χ3n) is 2.94. The van der Waals surface area contributed by atoms with E-state index in [0.717, 1.165) is 32.4 Å². The van der Waals surface area contributed by atoms with Crippen molar-refractivity contribution in [1.29, 1.82) is 0 Å². The zero-order valence-electron chi connectivity index (χ0n) is 10.7. The maximum atomic E-state index is 11.7. The Morgan fingerprint density at radius 3 is 2.35 bits per heavy atom. The molecule has 1 fully saturated rings. The molecule has 0 spiro atoms. The molecular weight excluding hydrogens is 218 g/mol. The molecule has 5 nitrogen and oxygen atoms in total. The van der Waals surface area contributed by atoms with Crippen molar-refractivity contribution < 1.29 is 9.59 Å². The molecule has 0 aromatic rings. The summed E-state index contributed by atoms with van der Waals surface area (Å²) in [6.07, 6.45) is 3.78. The predicted octanol–water partition coefficient (Wildman–Crippen LogP) is 1.08. The normalized spacial score (nSPS) is 18.0. The summed E-state index contributed by atoms with van der Waals surface area (Å²) in [4.78, 5) is 25.1. The first kappa shape index (κ1) is 14.0. The highest BCUT2D eigenvalue weighted by molar-refractivity contribution is 5.96. The van der Waals surface area contributed by atoms with E-state index in [1.807, 2.05) is 13.8 Å². The number of nitrogens with zero attached hydrogens (tertiary/aromatic N) is 1. The van der Waals surface area contributed by atoms with E-state index in [2.05, 4.69) is 5.32 Å². The Hall–Kier alpha value is -1.10. The minimum absolute atomic E-state index is 0.297. The number of rotatable bonds is 3. The van der Waals surface area contributed by atoms with E-state index in [1.165, 1.54) is 0 Å². The first-order valence-electron chi connectivity index (χ1n) is 6.36. The van der Waals surface area contributed by atoms with Gasteiger partial charge in [0.2, 0.25) is 5.91 Å². The Morgan fingerprint density at radius 1 is 1.24 bits per heavy atom. The Labute approximate surface area is 103 Å². The van der Waals surface area contributed by atoms with E-state index in [0.29, 0.717) is 12.3 Å². The SMILES string of the molecule is CC(C)C[C@H](N)C(=O)NC(=O)N1CCCCC1. The summed E-state index contributed by atoms with van der Waals surface area (Å²) in [6.45, 7) is 5.47. The van der Waals surface area contributed by atoms with Gasteiger partial charge in [0, 0.05) is 13.1 Å². The molecule has 98 valence electrons. The van der Waals surface area contributed by atoms with Crippen LogP contribution in [0.3, 0.4) is 0 Å². The van der Waals surface area contributed by atoms with Crippen molar-refractivity contribution in [2.75, 3.05) is 13.1 Å². The third kappa shape index (κ3) is 4.73. The molecule has 0 unspecified atom stereocenters. The molecule has 0 aromatic carbocycles. The second kappa shape index (κ2) is 6.59. The average molecular weight is 241 g/mol. The number of hydrogen-bond donors (Lipinski definition) is 2. The summed E-state index contributed by atoms with van der Waals surface area (Å²) >= 11 is 0. The zero-order chi connectivity index (χ0) is 12.8. The Bertz CT molecular complexity index is 273. The maximum Gasteiger partial charge on any atom is 0.324 e. The van der Waals surface area contributed by atoms with Crippen molar-refractivity contribution in [3.05, 3.63) is 0 Å². The van der Waals surface area contributed by atoms with E-state index >= 15 is 0 Å². The highest BCUT2D eigenvalue weighted by Gasteiger charge is 2.21. The maximum absolute atomic E-state index is 11.7. The van der Waals surface area contributed by atoms with Crippen LogP contribution in [0.15, 0.2) is 0 Å². The second-order valence-electron chi connectivity index (χ2n) is 5.08. The predicted molar refractivity (Wildman–Crippen MR) is 66.4 cm³/mol. The summed E-state index contributed by atoms with van der Waals surface area (Å²) in [6, 6.07) is -0.891. The summed E-state index contributed by atoms with van der Waals surface area (Å²) in [5.74, 6) is -0.0184.